The van der Waals surface area contributed by atoms with Crippen LogP contribution in [0.1, 0.15) is 39.2 Å². The van der Waals surface area contributed by atoms with Crippen molar-refractivity contribution in [3.8, 4) is 0 Å². The fraction of sp³-hybridized carbons (Fsp3) is 0.500. The van der Waals surface area contributed by atoms with E-state index < -0.39 is 0 Å². The first kappa shape index (κ1) is 12.8. The summed E-state index contributed by atoms with van der Waals surface area (Å²) >= 11 is 0. The van der Waals surface area contributed by atoms with Crippen LogP contribution in [0.2, 0.25) is 0 Å². The minimum absolute atomic E-state index is 0.0579. The lowest BCUT2D eigenvalue weighted by molar-refractivity contribution is -0.150. The first-order chi connectivity index (χ1) is 7.52. The van der Waals surface area contributed by atoms with Gasteiger partial charge in [-0.05, 0) is 25.3 Å². The molecule has 1 rings (SSSR count). The highest BCUT2D eigenvalue weighted by Gasteiger charge is 2.25. The van der Waals surface area contributed by atoms with Crippen LogP contribution < -0.4 is 0 Å². The van der Waals surface area contributed by atoms with Crippen molar-refractivity contribution in [2.75, 3.05) is 0 Å². The summed E-state index contributed by atoms with van der Waals surface area (Å²) in [4.78, 5) is 12.0. The maximum absolute atomic E-state index is 12.0. The van der Waals surface area contributed by atoms with E-state index in [1.807, 2.05) is 58.0 Å². The standard InChI is InChI=1S/C14H20O2/c1-10(2)13(14(15)16-11(3)4)12-8-6-5-7-9-12/h5-11,13H,1-4H3. The first-order valence-corrected chi connectivity index (χ1v) is 5.77. The molecule has 0 spiro atoms. The molecule has 16 heavy (non-hydrogen) atoms. The van der Waals surface area contributed by atoms with Gasteiger partial charge in [0.25, 0.3) is 0 Å². The first-order valence-electron chi connectivity index (χ1n) is 5.77. The minimum Gasteiger partial charge on any atom is -0.462 e. The molecule has 0 saturated heterocycles. The average Bonchev–Trinajstić information content (AvgIpc) is 2.17. The highest BCUT2D eigenvalue weighted by Crippen LogP contribution is 2.26. The van der Waals surface area contributed by atoms with Gasteiger partial charge in [0, 0.05) is 0 Å². The minimum atomic E-state index is -0.163. The van der Waals surface area contributed by atoms with E-state index in [4.69, 9.17) is 4.74 Å². The summed E-state index contributed by atoms with van der Waals surface area (Å²) in [6.45, 7) is 7.83. The lowest BCUT2D eigenvalue weighted by atomic mass is 9.88. The molecule has 0 radical (unpaired) electrons. The second-order valence-electron chi connectivity index (χ2n) is 4.62. The van der Waals surface area contributed by atoms with E-state index in [1.54, 1.807) is 0 Å². The molecule has 1 unspecified atom stereocenters. The van der Waals surface area contributed by atoms with Gasteiger partial charge in [-0.1, -0.05) is 44.2 Å². The molecule has 0 bridgehead atoms. The number of carbonyl (C=O) groups is 1. The molecule has 0 aromatic heterocycles. The third-order valence-corrected chi connectivity index (χ3v) is 2.43. The summed E-state index contributed by atoms with van der Waals surface area (Å²) < 4.78 is 5.29. The normalized spacial score (nSPS) is 12.9. The van der Waals surface area contributed by atoms with Crippen LogP contribution in [-0.4, -0.2) is 12.1 Å². The fourth-order valence-electron chi connectivity index (χ4n) is 1.76. The van der Waals surface area contributed by atoms with Crippen molar-refractivity contribution in [3.05, 3.63) is 35.9 Å². The Labute approximate surface area is 97.6 Å². The van der Waals surface area contributed by atoms with Gasteiger partial charge in [0.15, 0.2) is 0 Å². The number of hydrogen-bond acceptors (Lipinski definition) is 2. The SMILES string of the molecule is CC(C)OC(=O)C(c1ccccc1)C(C)C. The van der Waals surface area contributed by atoms with E-state index in [1.165, 1.54) is 0 Å². The van der Waals surface area contributed by atoms with E-state index >= 15 is 0 Å². The summed E-state index contributed by atoms with van der Waals surface area (Å²) in [7, 11) is 0. The molecule has 2 heteroatoms. The van der Waals surface area contributed by atoms with Crippen LogP contribution in [-0.2, 0) is 9.53 Å². The Morgan fingerprint density at radius 2 is 1.62 bits per heavy atom. The zero-order chi connectivity index (χ0) is 12.1. The lowest BCUT2D eigenvalue weighted by Crippen LogP contribution is -2.23. The van der Waals surface area contributed by atoms with Gasteiger partial charge in [-0.25, -0.2) is 0 Å². The van der Waals surface area contributed by atoms with Crippen molar-refractivity contribution >= 4 is 5.97 Å². The van der Waals surface area contributed by atoms with Crippen LogP contribution in [0.3, 0.4) is 0 Å². The van der Waals surface area contributed by atoms with Crippen molar-refractivity contribution in [1.82, 2.24) is 0 Å². The molecule has 0 aliphatic heterocycles. The fourth-order valence-corrected chi connectivity index (χ4v) is 1.76. The van der Waals surface area contributed by atoms with Crippen molar-refractivity contribution in [2.45, 2.75) is 39.7 Å². The lowest BCUT2D eigenvalue weighted by Gasteiger charge is -2.21. The second kappa shape index (κ2) is 5.69. The molecule has 1 aromatic carbocycles. The maximum Gasteiger partial charge on any atom is 0.313 e. The third kappa shape index (κ3) is 3.37. The van der Waals surface area contributed by atoms with Crippen molar-refractivity contribution < 1.29 is 9.53 Å². The summed E-state index contributed by atoms with van der Waals surface area (Å²) in [6, 6.07) is 9.81. The molecule has 1 atom stereocenters. The van der Waals surface area contributed by atoms with Crippen LogP contribution in [0.4, 0.5) is 0 Å². The topological polar surface area (TPSA) is 26.3 Å². The van der Waals surface area contributed by atoms with E-state index in [0.717, 1.165) is 5.56 Å². The number of hydrogen-bond donors (Lipinski definition) is 0. The zero-order valence-corrected chi connectivity index (χ0v) is 10.4. The molecular formula is C14H20O2. The van der Waals surface area contributed by atoms with Crippen molar-refractivity contribution in [2.24, 2.45) is 5.92 Å². The van der Waals surface area contributed by atoms with Gasteiger partial charge in [-0.15, -0.1) is 0 Å². The van der Waals surface area contributed by atoms with Gasteiger partial charge < -0.3 is 4.74 Å². The van der Waals surface area contributed by atoms with Gasteiger partial charge >= 0.3 is 5.97 Å². The van der Waals surface area contributed by atoms with Crippen LogP contribution in [0.15, 0.2) is 30.3 Å². The maximum atomic E-state index is 12.0. The van der Waals surface area contributed by atoms with Crippen LogP contribution >= 0.6 is 0 Å². The number of esters is 1. The van der Waals surface area contributed by atoms with Crippen LogP contribution in [0, 0.1) is 5.92 Å². The molecule has 0 fully saturated rings. The Hall–Kier alpha value is -1.31. The molecule has 0 heterocycles. The predicted octanol–water partition coefficient (Wildman–Crippen LogP) is 3.38. The Morgan fingerprint density at radius 1 is 1.06 bits per heavy atom. The number of ether oxygens (including phenoxy) is 1. The molecular weight excluding hydrogens is 200 g/mol. The summed E-state index contributed by atoms with van der Waals surface area (Å²) in [5, 5.41) is 0. The Balaban J connectivity index is 2.88. The summed E-state index contributed by atoms with van der Waals surface area (Å²) in [6.07, 6.45) is -0.0579. The molecule has 0 amide bonds. The zero-order valence-electron chi connectivity index (χ0n) is 10.4. The van der Waals surface area contributed by atoms with Crippen molar-refractivity contribution in [1.29, 1.82) is 0 Å². The highest BCUT2D eigenvalue weighted by molar-refractivity contribution is 5.78. The molecule has 1 aromatic rings. The van der Waals surface area contributed by atoms with Gasteiger partial charge in [0.2, 0.25) is 0 Å². The smallest absolute Gasteiger partial charge is 0.313 e. The van der Waals surface area contributed by atoms with Gasteiger partial charge in [0.05, 0.1) is 12.0 Å². The van der Waals surface area contributed by atoms with Crippen LogP contribution in [0.25, 0.3) is 0 Å². The Kier molecular flexibility index (Phi) is 4.53. The summed E-state index contributed by atoms with van der Waals surface area (Å²) in [5.74, 6) is -0.0477. The quantitative estimate of drug-likeness (QED) is 0.727. The van der Waals surface area contributed by atoms with E-state index in [-0.39, 0.29) is 23.9 Å². The van der Waals surface area contributed by atoms with E-state index in [2.05, 4.69) is 0 Å². The molecule has 0 N–H and O–H groups in total. The number of rotatable bonds is 4. The Morgan fingerprint density at radius 3 is 2.06 bits per heavy atom. The number of carbonyl (C=O) groups excluding carboxylic acids is 1. The third-order valence-electron chi connectivity index (χ3n) is 2.43. The average molecular weight is 220 g/mol. The van der Waals surface area contributed by atoms with Gasteiger partial charge in [0.1, 0.15) is 0 Å². The predicted molar refractivity (Wildman–Crippen MR) is 65.2 cm³/mol. The monoisotopic (exact) mass is 220 g/mol. The number of benzene rings is 1. The molecule has 0 saturated carbocycles. The largest absolute Gasteiger partial charge is 0.462 e. The van der Waals surface area contributed by atoms with E-state index in [9.17, 15) is 4.79 Å². The molecule has 88 valence electrons. The molecule has 2 nitrogen and oxygen atoms in total. The van der Waals surface area contributed by atoms with Gasteiger partial charge in [-0.3, -0.25) is 4.79 Å². The van der Waals surface area contributed by atoms with Gasteiger partial charge in [-0.2, -0.15) is 0 Å². The van der Waals surface area contributed by atoms with E-state index in [0.29, 0.717) is 0 Å². The summed E-state index contributed by atoms with van der Waals surface area (Å²) in [5.41, 5.74) is 1.03. The second-order valence-corrected chi connectivity index (χ2v) is 4.62. The molecule has 0 aliphatic carbocycles. The van der Waals surface area contributed by atoms with Crippen LogP contribution in [0.5, 0.6) is 0 Å². The highest BCUT2D eigenvalue weighted by atomic mass is 16.5. The molecule has 0 aliphatic rings. The van der Waals surface area contributed by atoms with Crippen molar-refractivity contribution in [3.63, 3.8) is 0 Å². The Bertz CT molecular complexity index is 328.